The molecule has 2 aliphatic heterocycles. The highest BCUT2D eigenvalue weighted by molar-refractivity contribution is 7.87. The van der Waals surface area contributed by atoms with Crippen molar-refractivity contribution in [3.63, 3.8) is 0 Å². The van der Waals surface area contributed by atoms with Gasteiger partial charge in [0.1, 0.15) is 6.04 Å². The number of methoxy groups -OCH3 is 1. The van der Waals surface area contributed by atoms with Gasteiger partial charge in [0.25, 0.3) is 10.2 Å². The number of aliphatic hydroxyl groups excluding tert-OH is 1. The molecule has 2 aliphatic rings. The molecule has 2 aromatic rings. The third-order valence-electron chi connectivity index (χ3n) is 5.11. The molecule has 14 heteroatoms. The summed E-state index contributed by atoms with van der Waals surface area (Å²) in [5.41, 5.74) is 0.130. The number of thiazole rings is 1. The second-order valence-electron chi connectivity index (χ2n) is 7.12. The molecule has 3 heterocycles. The van der Waals surface area contributed by atoms with Gasteiger partial charge in [-0.2, -0.15) is 13.1 Å². The van der Waals surface area contributed by atoms with Crippen LogP contribution in [0.25, 0.3) is 0 Å². The molecular formula is C18H18F3N5O4S2. The van der Waals surface area contributed by atoms with Crippen molar-refractivity contribution in [3.8, 4) is 0 Å². The number of hydrogen-bond acceptors (Lipinski definition) is 8. The van der Waals surface area contributed by atoms with Crippen LogP contribution in [0.4, 0.5) is 13.2 Å². The first kappa shape index (κ1) is 22.8. The van der Waals surface area contributed by atoms with Crippen LogP contribution in [0.1, 0.15) is 23.0 Å². The molecule has 172 valence electrons. The van der Waals surface area contributed by atoms with Gasteiger partial charge >= 0.3 is 0 Å². The number of nitrogens with one attached hydrogen (secondary N) is 1. The van der Waals surface area contributed by atoms with Crippen molar-refractivity contribution in [2.75, 3.05) is 13.7 Å². The van der Waals surface area contributed by atoms with Crippen molar-refractivity contribution in [3.05, 3.63) is 63.0 Å². The van der Waals surface area contributed by atoms with E-state index in [4.69, 9.17) is 9.88 Å². The quantitative estimate of drug-likeness (QED) is 0.412. The summed E-state index contributed by atoms with van der Waals surface area (Å²) in [5, 5.41) is 17.8. The van der Waals surface area contributed by atoms with Crippen molar-refractivity contribution >= 4 is 27.4 Å². The second kappa shape index (κ2) is 8.53. The van der Waals surface area contributed by atoms with Crippen LogP contribution in [0, 0.1) is 17.5 Å². The Labute approximate surface area is 185 Å². The fourth-order valence-electron chi connectivity index (χ4n) is 3.86. The molecule has 1 aromatic heterocycles. The average molecular weight is 490 g/mol. The molecule has 0 saturated carbocycles. The molecule has 4 N–H and O–H groups in total. The number of hydrogen-bond donors (Lipinski definition) is 3. The molecule has 0 radical (unpaired) electrons. The number of benzene rings is 1. The highest BCUT2D eigenvalue weighted by Gasteiger charge is 2.43. The van der Waals surface area contributed by atoms with Crippen molar-refractivity contribution in [2.45, 2.75) is 24.8 Å². The summed E-state index contributed by atoms with van der Waals surface area (Å²) < 4.78 is 72.8. The lowest BCUT2D eigenvalue weighted by Crippen LogP contribution is -2.42. The molecule has 4 rings (SSSR count). The minimum atomic E-state index is -4.04. The summed E-state index contributed by atoms with van der Waals surface area (Å²) in [5.74, 6) is -4.24. The van der Waals surface area contributed by atoms with E-state index in [1.54, 1.807) is 10.3 Å². The van der Waals surface area contributed by atoms with Crippen LogP contribution in [0.15, 0.2) is 40.0 Å². The number of amidine groups is 1. The lowest BCUT2D eigenvalue weighted by atomic mass is 9.93. The smallest absolute Gasteiger partial charge is 0.274 e. The lowest BCUT2D eigenvalue weighted by Gasteiger charge is -2.34. The summed E-state index contributed by atoms with van der Waals surface area (Å²) in [4.78, 5) is 10.3. The van der Waals surface area contributed by atoms with Gasteiger partial charge in [0.2, 0.25) is 0 Å². The molecule has 1 aromatic carbocycles. The molecule has 1 saturated heterocycles. The number of rotatable bonds is 6. The number of halogens is 3. The van der Waals surface area contributed by atoms with Crippen LogP contribution in [0.2, 0.25) is 0 Å². The van der Waals surface area contributed by atoms with Crippen molar-refractivity contribution < 1.29 is 31.4 Å². The van der Waals surface area contributed by atoms with Gasteiger partial charge in [-0.3, -0.25) is 4.99 Å². The van der Waals surface area contributed by atoms with Gasteiger partial charge < -0.3 is 14.7 Å². The van der Waals surface area contributed by atoms with E-state index in [1.165, 1.54) is 24.6 Å². The van der Waals surface area contributed by atoms with E-state index in [-0.39, 0.29) is 29.9 Å². The van der Waals surface area contributed by atoms with E-state index in [0.29, 0.717) is 10.7 Å². The van der Waals surface area contributed by atoms with Crippen molar-refractivity contribution in [2.24, 2.45) is 10.1 Å². The second-order valence-corrected chi connectivity index (χ2v) is 9.34. The van der Waals surface area contributed by atoms with Gasteiger partial charge in [-0.05, 0) is 6.07 Å². The standard InChI is InChI=1S/C18H18F3N5O4S2/c1-30-18(27)12-11-6-8(25-32(22,28)29)7-26(11)16(17-23-4-5-31-17)24-15(12)9-2-3-10(19)14(21)13(9)20/h2-5,8,15,18,25,27H,6-7H2,1H3,(H2,22,28,29)/t8-,15-,18?/m0/s1. The molecule has 0 aliphatic carbocycles. The Hall–Kier alpha value is -2.36. The highest BCUT2D eigenvalue weighted by Crippen LogP contribution is 2.42. The molecule has 1 fully saturated rings. The number of nitrogens with zero attached hydrogens (tertiary/aromatic N) is 3. The molecular weight excluding hydrogens is 471 g/mol. The van der Waals surface area contributed by atoms with Crippen LogP contribution < -0.4 is 9.86 Å². The van der Waals surface area contributed by atoms with E-state index < -0.39 is 46.0 Å². The average Bonchev–Trinajstić information content (AvgIpc) is 3.39. The van der Waals surface area contributed by atoms with Crippen LogP contribution in [-0.4, -0.2) is 55.2 Å². The third kappa shape index (κ3) is 4.16. The zero-order valence-corrected chi connectivity index (χ0v) is 18.1. The minimum Gasteiger partial charge on any atom is -0.364 e. The largest absolute Gasteiger partial charge is 0.364 e. The van der Waals surface area contributed by atoms with Gasteiger partial charge in [0, 0.05) is 54.5 Å². The molecule has 0 bridgehead atoms. The Morgan fingerprint density at radius 3 is 2.72 bits per heavy atom. The van der Waals surface area contributed by atoms with E-state index in [1.807, 2.05) is 0 Å². The number of fused-ring (bicyclic) bond motifs is 1. The number of ether oxygens (including phenoxy) is 1. The Balaban J connectivity index is 1.91. The maximum absolute atomic E-state index is 14.7. The van der Waals surface area contributed by atoms with Crippen LogP contribution in [-0.2, 0) is 14.9 Å². The monoisotopic (exact) mass is 489 g/mol. The predicted molar refractivity (Wildman–Crippen MR) is 109 cm³/mol. The SMILES string of the molecule is COC(O)C1=C2C[C@H](NS(N)(=O)=O)CN2C(c2nccs2)=N[C@H]1c1ccc(F)c(F)c1F. The first-order valence-electron chi connectivity index (χ1n) is 9.23. The number of aliphatic imine (C=N–C) groups is 1. The van der Waals surface area contributed by atoms with Crippen molar-refractivity contribution in [1.82, 2.24) is 14.6 Å². The zero-order chi connectivity index (χ0) is 23.2. The Morgan fingerprint density at radius 2 is 2.09 bits per heavy atom. The molecule has 32 heavy (non-hydrogen) atoms. The fourth-order valence-corrected chi connectivity index (χ4v) is 5.12. The number of aliphatic hydroxyl groups is 1. The fraction of sp³-hybridized carbons (Fsp3) is 0.333. The minimum absolute atomic E-state index is 0.0539. The van der Waals surface area contributed by atoms with Gasteiger partial charge in [0.05, 0.1) is 0 Å². The Morgan fingerprint density at radius 1 is 1.34 bits per heavy atom. The molecule has 3 atom stereocenters. The summed E-state index contributed by atoms with van der Waals surface area (Å²) in [6, 6.07) is -0.175. The molecule has 1 unspecified atom stereocenters. The molecule has 0 amide bonds. The van der Waals surface area contributed by atoms with E-state index in [2.05, 4.69) is 14.7 Å². The Bertz CT molecular complexity index is 1200. The maximum atomic E-state index is 14.7. The highest BCUT2D eigenvalue weighted by atomic mass is 32.2. The van der Waals surface area contributed by atoms with Crippen molar-refractivity contribution in [1.29, 1.82) is 0 Å². The molecule has 0 spiro atoms. The number of nitrogens with two attached hydrogens (primary N) is 1. The van der Waals surface area contributed by atoms with Crippen LogP contribution in [0.3, 0.4) is 0 Å². The zero-order valence-electron chi connectivity index (χ0n) is 16.5. The van der Waals surface area contributed by atoms with Crippen LogP contribution in [0.5, 0.6) is 0 Å². The number of aromatic nitrogens is 1. The molecule has 9 nitrogen and oxygen atoms in total. The van der Waals surface area contributed by atoms with Gasteiger partial charge in [-0.15, -0.1) is 11.3 Å². The third-order valence-corrected chi connectivity index (χ3v) is 6.54. The van der Waals surface area contributed by atoms with Gasteiger partial charge in [-0.1, -0.05) is 6.07 Å². The van der Waals surface area contributed by atoms with Gasteiger partial charge in [-0.25, -0.2) is 23.3 Å². The lowest BCUT2D eigenvalue weighted by molar-refractivity contribution is -0.0501. The summed E-state index contributed by atoms with van der Waals surface area (Å²) in [7, 11) is -2.84. The first-order valence-corrected chi connectivity index (χ1v) is 11.7. The summed E-state index contributed by atoms with van der Waals surface area (Å²) >= 11 is 1.22. The summed E-state index contributed by atoms with van der Waals surface area (Å²) in [6.45, 7) is 0.0943. The first-order chi connectivity index (χ1) is 15.1. The normalized spacial score (nSPS) is 22.2. The van der Waals surface area contributed by atoms with E-state index in [0.717, 1.165) is 12.1 Å². The topological polar surface area (TPSA) is 130 Å². The van der Waals surface area contributed by atoms with Gasteiger partial charge in [0.15, 0.2) is 34.6 Å². The maximum Gasteiger partial charge on any atom is 0.274 e. The van der Waals surface area contributed by atoms with E-state index >= 15 is 0 Å². The van der Waals surface area contributed by atoms with E-state index in [9.17, 15) is 26.7 Å². The predicted octanol–water partition coefficient (Wildman–Crippen LogP) is 1.15. The Kier molecular flexibility index (Phi) is 6.08. The van der Waals surface area contributed by atoms with Crippen LogP contribution >= 0.6 is 11.3 Å². The summed E-state index contributed by atoms with van der Waals surface area (Å²) in [6.07, 6.45) is -0.00699.